The summed E-state index contributed by atoms with van der Waals surface area (Å²) >= 11 is 0. The highest BCUT2D eigenvalue weighted by atomic mass is 16.4. The van der Waals surface area contributed by atoms with Crippen LogP contribution in [0.4, 0.5) is 11.6 Å². The molecule has 0 saturated heterocycles. The van der Waals surface area contributed by atoms with E-state index in [0.29, 0.717) is 5.96 Å². The molecule has 0 bridgehead atoms. The Bertz CT molecular complexity index is 1020. The third-order valence-electron chi connectivity index (χ3n) is 4.66. The van der Waals surface area contributed by atoms with Crippen molar-refractivity contribution in [1.29, 1.82) is 0 Å². The minimum absolute atomic E-state index is 0.214. The average molecular weight is 394 g/mol. The summed E-state index contributed by atoms with van der Waals surface area (Å²) in [4.78, 5) is 20.6. The normalized spacial score (nSPS) is 14.9. The van der Waals surface area contributed by atoms with E-state index in [-0.39, 0.29) is 6.17 Å². The van der Waals surface area contributed by atoms with E-state index in [1.54, 1.807) is 0 Å². The summed E-state index contributed by atoms with van der Waals surface area (Å²) in [6.45, 7) is 7.40. The van der Waals surface area contributed by atoms with Gasteiger partial charge in [-0.3, -0.25) is 14.7 Å². The number of aliphatic imine (C=N–C) groups is 1. The van der Waals surface area contributed by atoms with Crippen molar-refractivity contribution in [1.82, 2.24) is 9.55 Å². The van der Waals surface area contributed by atoms with Crippen molar-refractivity contribution >= 4 is 34.6 Å². The van der Waals surface area contributed by atoms with E-state index >= 15 is 0 Å². The summed E-state index contributed by atoms with van der Waals surface area (Å²) in [6, 6.07) is 16.6. The van der Waals surface area contributed by atoms with Crippen LogP contribution in [0.5, 0.6) is 0 Å². The Kier molecular flexibility index (Phi) is 6.01. The molecule has 3 aromatic rings. The van der Waals surface area contributed by atoms with E-state index < -0.39 is 5.97 Å². The Labute approximate surface area is 169 Å². The number of fused-ring (bicyclic) bond motifs is 3. The van der Waals surface area contributed by atoms with Gasteiger partial charge in [0.25, 0.3) is 5.97 Å². The molecule has 1 aromatic heterocycles. The van der Waals surface area contributed by atoms with Gasteiger partial charge in [-0.2, -0.15) is 0 Å². The molecule has 0 saturated carbocycles. The standard InChI is InChI=1S/C19H22N6.C2H4O2/c1-3-24(4-2)14-11-9-13(10-12-14)17-22-18(20)23-19-21-15-7-5-6-8-16(15)25(17)19;1-2(3)4/h5-12,17H,3-4H2,1-2H3,(H3,20,21,22,23);1H3,(H,3,4). The molecule has 0 fully saturated rings. The van der Waals surface area contributed by atoms with Gasteiger partial charge < -0.3 is 15.7 Å². The zero-order valence-electron chi connectivity index (χ0n) is 16.8. The molecule has 2 aromatic carbocycles. The van der Waals surface area contributed by atoms with Crippen LogP contribution >= 0.6 is 0 Å². The molecule has 0 amide bonds. The molecule has 1 aliphatic rings. The molecule has 4 N–H and O–H groups in total. The van der Waals surface area contributed by atoms with Crippen LogP contribution < -0.4 is 16.0 Å². The van der Waals surface area contributed by atoms with Crippen LogP contribution in [0.3, 0.4) is 0 Å². The molecule has 0 spiro atoms. The number of nitrogens with one attached hydrogen (secondary N) is 1. The first-order valence-electron chi connectivity index (χ1n) is 9.56. The number of nitrogens with two attached hydrogens (primary N) is 1. The average Bonchev–Trinajstić information content (AvgIpc) is 3.06. The number of imidazole rings is 1. The van der Waals surface area contributed by atoms with Crippen LogP contribution in [0.1, 0.15) is 32.5 Å². The van der Waals surface area contributed by atoms with Gasteiger partial charge in [0.2, 0.25) is 5.95 Å². The van der Waals surface area contributed by atoms with E-state index in [0.717, 1.165) is 42.6 Å². The number of hydrogen-bond acceptors (Lipinski definition) is 6. The Balaban J connectivity index is 0.000000552. The SMILES string of the molecule is CC(=O)O.CCN(CC)c1ccc(C2N=C(N)Nc3nc4ccccc4n32)cc1. The van der Waals surface area contributed by atoms with Crippen LogP contribution in [0, 0.1) is 0 Å². The number of carbonyl (C=O) groups is 1. The molecule has 29 heavy (non-hydrogen) atoms. The first kappa shape index (κ1) is 20.2. The monoisotopic (exact) mass is 394 g/mol. The summed E-state index contributed by atoms with van der Waals surface area (Å²) in [7, 11) is 0. The smallest absolute Gasteiger partial charge is 0.300 e. The van der Waals surface area contributed by atoms with Crippen molar-refractivity contribution in [3.63, 3.8) is 0 Å². The summed E-state index contributed by atoms with van der Waals surface area (Å²) < 4.78 is 2.10. The van der Waals surface area contributed by atoms with Gasteiger partial charge in [0, 0.05) is 25.7 Å². The summed E-state index contributed by atoms with van der Waals surface area (Å²) in [5.74, 6) is 0.284. The number of para-hydroxylation sites is 2. The molecule has 1 atom stereocenters. The van der Waals surface area contributed by atoms with E-state index in [9.17, 15) is 0 Å². The lowest BCUT2D eigenvalue weighted by Crippen LogP contribution is -2.31. The zero-order chi connectivity index (χ0) is 21.0. The number of anilines is 2. The van der Waals surface area contributed by atoms with Crippen molar-refractivity contribution in [2.45, 2.75) is 26.9 Å². The summed E-state index contributed by atoms with van der Waals surface area (Å²) in [5, 5.41) is 10.5. The molecule has 4 rings (SSSR count). The molecule has 1 aliphatic heterocycles. The molecule has 0 aliphatic carbocycles. The predicted octanol–water partition coefficient (Wildman–Crippen LogP) is 3.26. The van der Waals surface area contributed by atoms with Gasteiger partial charge in [-0.25, -0.2) is 9.98 Å². The lowest BCUT2D eigenvalue weighted by atomic mass is 10.1. The number of nitrogens with zero attached hydrogens (tertiary/aromatic N) is 4. The van der Waals surface area contributed by atoms with E-state index in [4.69, 9.17) is 15.6 Å². The zero-order valence-corrected chi connectivity index (χ0v) is 16.8. The highest BCUT2D eigenvalue weighted by Gasteiger charge is 2.24. The fraction of sp³-hybridized carbons (Fsp3) is 0.286. The molecular weight excluding hydrogens is 368 g/mol. The highest BCUT2D eigenvalue weighted by molar-refractivity contribution is 5.94. The van der Waals surface area contributed by atoms with Crippen molar-refractivity contribution in [2.75, 3.05) is 23.3 Å². The Morgan fingerprint density at radius 2 is 1.79 bits per heavy atom. The largest absolute Gasteiger partial charge is 0.481 e. The first-order valence-corrected chi connectivity index (χ1v) is 9.56. The van der Waals surface area contributed by atoms with Gasteiger partial charge in [-0.15, -0.1) is 0 Å². The van der Waals surface area contributed by atoms with Crippen LogP contribution in [-0.2, 0) is 4.79 Å². The quantitative estimate of drug-likeness (QED) is 0.627. The van der Waals surface area contributed by atoms with Gasteiger partial charge >= 0.3 is 0 Å². The molecule has 0 radical (unpaired) electrons. The van der Waals surface area contributed by atoms with Gasteiger partial charge in [0.15, 0.2) is 12.1 Å². The van der Waals surface area contributed by atoms with E-state index in [2.05, 4.69) is 68.9 Å². The second kappa shape index (κ2) is 8.64. The maximum absolute atomic E-state index is 9.00. The topological polar surface area (TPSA) is 109 Å². The molecule has 152 valence electrons. The number of aromatic nitrogens is 2. The molecule has 8 nitrogen and oxygen atoms in total. The fourth-order valence-electron chi connectivity index (χ4n) is 3.39. The van der Waals surface area contributed by atoms with Crippen LogP contribution in [0.2, 0.25) is 0 Å². The minimum atomic E-state index is -0.833. The first-order chi connectivity index (χ1) is 13.9. The van der Waals surface area contributed by atoms with Gasteiger partial charge in [0.05, 0.1) is 11.0 Å². The van der Waals surface area contributed by atoms with Gasteiger partial charge in [0.1, 0.15) is 0 Å². The number of aliphatic carboxylic acids is 1. The maximum Gasteiger partial charge on any atom is 0.300 e. The van der Waals surface area contributed by atoms with Crippen LogP contribution in [0.25, 0.3) is 11.0 Å². The number of rotatable bonds is 4. The Hall–Kier alpha value is -3.55. The van der Waals surface area contributed by atoms with Gasteiger partial charge in [-0.1, -0.05) is 24.3 Å². The predicted molar refractivity (Wildman–Crippen MR) is 116 cm³/mol. The summed E-state index contributed by atoms with van der Waals surface area (Å²) in [6.07, 6.45) is -0.214. The second-order valence-corrected chi connectivity index (χ2v) is 6.59. The van der Waals surface area contributed by atoms with E-state index in [1.165, 1.54) is 5.69 Å². The van der Waals surface area contributed by atoms with Crippen molar-refractivity contribution in [3.05, 3.63) is 54.1 Å². The molecule has 2 heterocycles. The summed E-state index contributed by atoms with van der Waals surface area (Å²) in [5.41, 5.74) is 10.3. The van der Waals surface area contributed by atoms with Crippen molar-refractivity contribution in [3.8, 4) is 0 Å². The lowest BCUT2D eigenvalue weighted by Gasteiger charge is -2.25. The van der Waals surface area contributed by atoms with Crippen LogP contribution in [-0.4, -0.2) is 39.7 Å². The number of hydrogen-bond donors (Lipinski definition) is 3. The maximum atomic E-state index is 9.00. The Morgan fingerprint density at radius 1 is 1.17 bits per heavy atom. The number of carboxylic acid groups (broad SMARTS) is 1. The van der Waals surface area contributed by atoms with Crippen molar-refractivity contribution in [2.24, 2.45) is 10.7 Å². The molecular formula is C21H26N6O2. The van der Waals surface area contributed by atoms with Crippen molar-refractivity contribution < 1.29 is 9.90 Å². The second-order valence-electron chi connectivity index (χ2n) is 6.59. The Morgan fingerprint density at radius 3 is 2.41 bits per heavy atom. The number of carboxylic acids is 1. The number of benzene rings is 2. The molecule has 8 heteroatoms. The third-order valence-corrected chi connectivity index (χ3v) is 4.66. The highest BCUT2D eigenvalue weighted by Crippen LogP contribution is 2.32. The number of guanidine groups is 1. The lowest BCUT2D eigenvalue weighted by molar-refractivity contribution is -0.134. The van der Waals surface area contributed by atoms with Gasteiger partial charge in [-0.05, 0) is 43.7 Å². The minimum Gasteiger partial charge on any atom is -0.481 e. The third kappa shape index (κ3) is 4.31. The molecule has 1 unspecified atom stereocenters. The van der Waals surface area contributed by atoms with E-state index in [1.807, 2.05) is 18.2 Å². The van der Waals surface area contributed by atoms with Crippen LogP contribution in [0.15, 0.2) is 53.5 Å². The fourth-order valence-corrected chi connectivity index (χ4v) is 3.39.